The van der Waals surface area contributed by atoms with Crippen molar-refractivity contribution in [1.82, 2.24) is 0 Å². The molecule has 0 N–H and O–H groups in total. The number of phosphoric acid groups is 2. The van der Waals surface area contributed by atoms with Crippen LogP contribution in [0.3, 0.4) is 0 Å². The van der Waals surface area contributed by atoms with Crippen molar-refractivity contribution in [3.63, 3.8) is 0 Å². The van der Waals surface area contributed by atoms with Gasteiger partial charge in [-0.2, -0.15) is 0 Å². The van der Waals surface area contributed by atoms with Gasteiger partial charge in [0.2, 0.25) is 0 Å². The van der Waals surface area contributed by atoms with Gasteiger partial charge in [0.05, 0.1) is 26.4 Å². The van der Waals surface area contributed by atoms with Crippen LogP contribution in [-0.4, -0.2) is 47.7 Å². The van der Waals surface area contributed by atoms with E-state index in [1.807, 2.05) is 0 Å². The zero-order valence-corrected chi connectivity index (χ0v) is 23.8. The van der Waals surface area contributed by atoms with E-state index in [-0.39, 0.29) is 48.8 Å². The van der Waals surface area contributed by atoms with E-state index >= 15 is 0 Å². The van der Waals surface area contributed by atoms with Crippen molar-refractivity contribution in [1.29, 1.82) is 0 Å². The predicted octanol–water partition coefficient (Wildman–Crippen LogP) is 6.31. The van der Waals surface area contributed by atoms with Crippen LogP contribution in [0.1, 0.15) is 0 Å². The number of rotatable bonds is 8. The van der Waals surface area contributed by atoms with Gasteiger partial charge in [-0.25, -0.2) is 9.13 Å². The average molecular weight is 722 g/mol. The Balaban J connectivity index is 1.63. The lowest BCUT2D eigenvalue weighted by Crippen LogP contribution is -2.39. The molecule has 0 atom stereocenters. The molecule has 2 aliphatic rings. The van der Waals surface area contributed by atoms with Gasteiger partial charge in [-0.3, -0.25) is 18.1 Å². The van der Waals surface area contributed by atoms with Gasteiger partial charge in [-0.1, -0.05) is 69.8 Å². The Morgan fingerprint density at radius 1 is 0.733 bits per heavy atom. The van der Waals surface area contributed by atoms with E-state index in [4.69, 9.17) is 27.1 Å². The van der Waals surface area contributed by atoms with Crippen LogP contribution in [0.25, 0.3) is 0 Å². The molecule has 2 heterocycles. The second-order valence-electron chi connectivity index (χ2n) is 7.18. The SMILES string of the molecule is O=P1(Oc2cccc(OP3(=O)OCC(CBr)(CBr)CO3)c2)OCC(CBr)(CBr)CO1. The molecule has 30 heavy (non-hydrogen) atoms. The molecule has 0 spiro atoms. The van der Waals surface area contributed by atoms with Gasteiger partial charge in [-0.15, -0.1) is 0 Å². The number of phosphoric ester groups is 2. The minimum Gasteiger partial charge on any atom is -0.404 e. The normalized spacial score (nSPS) is 24.1. The van der Waals surface area contributed by atoms with Crippen LogP contribution >= 0.6 is 79.4 Å². The van der Waals surface area contributed by atoms with Gasteiger partial charge in [0.15, 0.2) is 0 Å². The Hall–Kier alpha value is 1.04. The minimum absolute atomic E-state index is 0.180. The summed E-state index contributed by atoms with van der Waals surface area (Å²) in [5.74, 6) is 0.361. The highest BCUT2D eigenvalue weighted by Gasteiger charge is 2.45. The van der Waals surface area contributed by atoms with Crippen molar-refractivity contribution in [2.75, 3.05) is 47.7 Å². The van der Waals surface area contributed by atoms with Crippen molar-refractivity contribution in [2.24, 2.45) is 10.8 Å². The first-order valence-electron chi connectivity index (χ1n) is 8.74. The van der Waals surface area contributed by atoms with Crippen LogP contribution in [0.2, 0.25) is 0 Å². The third-order valence-electron chi connectivity index (χ3n) is 4.49. The molecular formula is C16H20Br4O8P2. The summed E-state index contributed by atoms with van der Waals surface area (Å²) in [6.45, 7) is 0.820. The van der Waals surface area contributed by atoms with E-state index in [0.29, 0.717) is 21.3 Å². The molecule has 2 aliphatic heterocycles. The number of hydrogen-bond acceptors (Lipinski definition) is 8. The first-order chi connectivity index (χ1) is 14.2. The fourth-order valence-corrected chi connectivity index (χ4v) is 8.34. The standard InChI is InChI=1S/C16H20Br4O8P2/c17-5-15(6-18)9-23-29(21,24-10-15)27-13-2-1-3-14(4-13)28-30(22)25-11-16(7-19,8-20)12-26-30/h1-4H,5-12H2. The molecular weight excluding hydrogens is 702 g/mol. The van der Waals surface area contributed by atoms with Gasteiger partial charge in [0.25, 0.3) is 0 Å². The van der Waals surface area contributed by atoms with E-state index in [2.05, 4.69) is 63.7 Å². The Labute approximate surface area is 208 Å². The Morgan fingerprint density at radius 3 is 1.37 bits per heavy atom. The van der Waals surface area contributed by atoms with Crippen molar-refractivity contribution < 1.29 is 36.3 Å². The van der Waals surface area contributed by atoms with Crippen molar-refractivity contribution in [2.45, 2.75) is 0 Å². The molecule has 1 aromatic rings. The summed E-state index contributed by atoms with van der Waals surface area (Å²) >= 11 is 13.7. The van der Waals surface area contributed by atoms with Crippen LogP contribution in [0.4, 0.5) is 0 Å². The van der Waals surface area contributed by atoms with Crippen LogP contribution in [0.15, 0.2) is 24.3 Å². The maximum atomic E-state index is 12.8. The largest absolute Gasteiger partial charge is 0.530 e. The van der Waals surface area contributed by atoms with E-state index in [1.165, 1.54) is 6.07 Å². The van der Waals surface area contributed by atoms with Crippen LogP contribution in [-0.2, 0) is 27.2 Å². The lowest BCUT2D eigenvalue weighted by atomic mass is 9.96. The third-order valence-corrected chi connectivity index (χ3v) is 11.9. The molecule has 0 unspecified atom stereocenters. The molecule has 0 saturated carbocycles. The second kappa shape index (κ2) is 10.5. The summed E-state index contributed by atoms with van der Waals surface area (Å²) < 4.78 is 58.2. The summed E-state index contributed by atoms with van der Waals surface area (Å²) in [6.07, 6.45) is 0. The maximum Gasteiger partial charge on any atom is 0.530 e. The molecule has 2 fully saturated rings. The van der Waals surface area contributed by atoms with E-state index in [9.17, 15) is 9.13 Å². The highest BCUT2D eigenvalue weighted by molar-refractivity contribution is 9.10. The fraction of sp³-hybridized carbons (Fsp3) is 0.625. The van der Waals surface area contributed by atoms with E-state index < -0.39 is 15.6 Å². The fourth-order valence-electron chi connectivity index (χ4n) is 2.35. The maximum absolute atomic E-state index is 12.8. The topological polar surface area (TPSA) is 89.5 Å². The van der Waals surface area contributed by atoms with Crippen molar-refractivity contribution >= 4 is 79.4 Å². The minimum atomic E-state index is -3.79. The van der Waals surface area contributed by atoms with Gasteiger partial charge in [-0.05, 0) is 12.1 Å². The van der Waals surface area contributed by atoms with Gasteiger partial charge < -0.3 is 9.05 Å². The van der Waals surface area contributed by atoms with Crippen LogP contribution in [0.5, 0.6) is 11.5 Å². The molecule has 0 amide bonds. The number of halogens is 4. The molecule has 1 aromatic carbocycles. The summed E-state index contributed by atoms with van der Waals surface area (Å²) in [5.41, 5.74) is -0.645. The molecule has 0 radical (unpaired) electrons. The zero-order valence-electron chi connectivity index (χ0n) is 15.6. The predicted molar refractivity (Wildman–Crippen MR) is 127 cm³/mol. The summed E-state index contributed by atoms with van der Waals surface area (Å²) in [5, 5.41) is 2.48. The quantitative estimate of drug-likeness (QED) is 0.228. The monoisotopic (exact) mass is 718 g/mol. The summed E-state index contributed by atoms with van der Waals surface area (Å²) in [4.78, 5) is 0. The molecule has 0 aromatic heterocycles. The molecule has 8 nitrogen and oxygen atoms in total. The first-order valence-corrected chi connectivity index (χ1v) is 16.1. The summed E-state index contributed by atoms with van der Waals surface area (Å²) in [7, 11) is -7.57. The number of hydrogen-bond donors (Lipinski definition) is 0. The lowest BCUT2D eigenvalue weighted by Gasteiger charge is -2.36. The number of benzene rings is 1. The summed E-state index contributed by atoms with van der Waals surface area (Å²) in [6, 6.07) is 6.15. The zero-order chi connectivity index (χ0) is 21.9. The van der Waals surface area contributed by atoms with Crippen LogP contribution in [0, 0.1) is 10.8 Å². The molecule has 2 saturated heterocycles. The Morgan fingerprint density at radius 2 is 1.07 bits per heavy atom. The van der Waals surface area contributed by atoms with E-state index in [1.54, 1.807) is 18.2 Å². The molecule has 0 aliphatic carbocycles. The highest BCUT2D eigenvalue weighted by atomic mass is 79.9. The molecule has 3 rings (SSSR count). The van der Waals surface area contributed by atoms with Crippen molar-refractivity contribution in [3.8, 4) is 11.5 Å². The van der Waals surface area contributed by atoms with Crippen LogP contribution < -0.4 is 9.05 Å². The second-order valence-corrected chi connectivity index (χ2v) is 12.6. The Kier molecular flexibility index (Phi) is 9.01. The van der Waals surface area contributed by atoms with Gasteiger partial charge in [0, 0.05) is 38.2 Å². The lowest BCUT2D eigenvalue weighted by molar-refractivity contribution is 0.0242. The third kappa shape index (κ3) is 6.13. The highest BCUT2D eigenvalue weighted by Crippen LogP contribution is 2.57. The molecule has 14 heteroatoms. The Bertz CT molecular complexity index is 742. The van der Waals surface area contributed by atoms with Gasteiger partial charge >= 0.3 is 15.6 Å². The molecule has 170 valence electrons. The van der Waals surface area contributed by atoms with Gasteiger partial charge in [0.1, 0.15) is 11.5 Å². The van der Waals surface area contributed by atoms with E-state index in [0.717, 1.165) is 0 Å². The average Bonchev–Trinajstić information content (AvgIpc) is 2.76. The smallest absolute Gasteiger partial charge is 0.404 e. The first kappa shape index (κ1) is 25.7. The van der Waals surface area contributed by atoms with Crippen molar-refractivity contribution in [3.05, 3.63) is 24.3 Å². The molecule has 0 bridgehead atoms. The number of alkyl halides is 4.